The summed E-state index contributed by atoms with van der Waals surface area (Å²) in [5.41, 5.74) is 1.19. The van der Waals surface area contributed by atoms with Gasteiger partial charge in [0.25, 0.3) is 0 Å². The smallest absolute Gasteiger partial charge is 0.313 e. The average molecular weight is 462 g/mol. The van der Waals surface area contributed by atoms with E-state index in [4.69, 9.17) is 25.8 Å². The number of allylic oxidation sites excluding steroid dienone is 1. The molecule has 0 spiro atoms. The predicted octanol–water partition coefficient (Wildman–Crippen LogP) is 4.06. The molecular formula is C24H25ClFNO5. The molecule has 0 bridgehead atoms. The van der Waals surface area contributed by atoms with Crippen LogP contribution in [-0.4, -0.2) is 39.2 Å². The number of carbonyl (C=O) groups excluding carboxylic acids is 2. The Kier molecular flexibility index (Phi) is 7.75. The van der Waals surface area contributed by atoms with Crippen molar-refractivity contribution in [2.75, 3.05) is 21.3 Å². The molecule has 1 aliphatic carbocycles. The normalized spacial score (nSPS) is 18.2. The van der Waals surface area contributed by atoms with E-state index < -0.39 is 17.7 Å². The highest BCUT2D eigenvalue weighted by Gasteiger charge is 2.35. The second-order valence-corrected chi connectivity index (χ2v) is 7.89. The van der Waals surface area contributed by atoms with Gasteiger partial charge in [0, 0.05) is 16.6 Å². The van der Waals surface area contributed by atoms with Crippen molar-refractivity contribution < 1.29 is 28.2 Å². The number of ether oxygens (including phenoxy) is 3. The summed E-state index contributed by atoms with van der Waals surface area (Å²) < 4.78 is 29.0. The fourth-order valence-corrected chi connectivity index (χ4v) is 4.23. The molecule has 3 unspecified atom stereocenters. The third-order valence-corrected chi connectivity index (χ3v) is 5.81. The molecule has 0 saturated heterocycles. The first-order valence-corrected chi connectivity index (χ1v) is 10.5. The predicted molar refractivity (Wildman–Crippen MR) is 119 cm³/mol. The third-order valence-electron chi connectivity index (χ3n) is 5.48. The summed E-state index contributed by atoms with van der Waals surface area (Å²) in [6.45, 7) is 0. The fourth-order valence-electron chi connectivity index (χ4n) is 3.95. The molecule has 1 N–H and O–H groups in total. The number of hydrogen-bond acceptors (Lipinski definition) is 5. The van der Waals surface area contributed by atoms with E-state index in [1.54, 1.807) is 32.4 Å². The van der Waals surface area contributed by atoms with Gasteiger partial charge in [-0.3, -0.25) is 9.59 Å². The van der Waals surface area contributed by atoms with Crippen LogP contribution in [0, 0.1) is 11.7 Å². The van der Waals surface area contributed by atoms with Gasteiger partial charge in [0.05, 0.1) is 33.7 Å². The first-order valence-electron chi connectivity index (χ1n) is 10.1. The Bertz CT molecular complexity index is 1030. The average Bonchev–Trinajstić information content (AvgIpc) is 3.22. The monoisotopic (exact) mass is 461 g/mol. The standard InChI is InChI=1S/C24H25ClFNO5/c1-30-18-7-9-21(31-2)15(11-18)12-22(28)27-17-6-4-14(10-17)23(24(29)32-3)19-8-5-16(26)13-20(19)25/h4-9,11,13-14,17,23H,10,12H2,1-3H3,(H,27,28). The summed E-state index contributed by atoms with van der Waals surface area (Å²) in [6, 6.07) is 8.93. The van der Waals surface area contributed by atoms with Crippen LogP contribution in [0.25, 0.3) is 0 Å². The van der Waals surface area contributed by atoms with Crippen LogP contribution in [0.5, 0.6) is 11.5 Å². The number of rotatable bonds is 8. The Balaban J connectivity index is 1.69. The Morgan fingerprint density at radius 1 is 1.12 bits per heavy atom. The fraction of sp³-hybridized carbons (Fsp3) is 0.333. The van der Waals surface area contributed by atoms with Crippen LogP contribution in [0.1, 0.15) is 23.5 Å². The third kappa shape index (κ3) is 5.40. The Labute approximate surface area is 191 Å². The summed E-state index contributed by atoms with van der Waals surface area (Å²) >= 11 is 6.20. The van der Waals surface area contributed by atoms with Crippen molar-refractivity contribution in [2.45, 2.75) is 24.8 Å². The van der Waals surface area contributed by atoms with Gasteiger partial charge in [0.15, 0.2) is 0 Å². The number of carbonyl (C=O) groups is 2. The number of benzene rings is 2. The minimum absolute atomic E-state index is 0.111. The van der Waals surface area contributed by atoms with E-state index in [1.807, 2.05) is 12.2 Å². The molecule has 3 atom stereocenters. The van der Waals surface area contributed by atoms with Crippen LogP contribution in [0.3, 0.4) is 0 Å². The van der Waals surface area contributed by atoms with Gasteiger partial charge >= 0.3 is 5.97 Å². The summed E-state index contributed by atoms with van der Waals surface area (Å²) in [7, 11) is 4.40. The highest BCUT2D eigenvalue weighted by atomic mass is 35.5. The number of hydrogen-bond donors (Lipinski definition) is 1. The topological polar surface area (TPSA) is 73.9 Å². The van der Waals surface area contributed by atoms with E-state index in [0.29, 0.717) is 29.0 Å². The van der Waals surface area contributed by atoms with Crippen molar-refractivity contribution in [3.05, 3.63) is 70.5 Å². The van der Waals surface area contributed by atoms with E-state index in [9.17, 15) is 14.0 Å². The van der Waals surface area contributed by atoms with E-state index in [1.165, 1.54) is 25.3 Å². The van der Waals surface area contributed by atoms with Gasteiger partial charge in [0.1, 0.15) is 17.3 Å². The van der Waals surface area contributed by atoms with Gasteiger partial charge in [0.2, 0.25) is 5.91 Å². The number of esters is 1. The van der Waals surface area contributed by atoms with Crippen molar-refractivity contribution in [1.29, 1.82) is 0 Å². The largest absolute Gasteiger partial charge is 0.497 e. The lowest BCUT2D eigenvalue weighted by Crippen LogP contribution is -2.34. The number of nitrogens with one attached hydrogen (secondary N) is 1. The van der Waals surface area contributed by atoms with Crippen molar-refractivity contribution in [2.24, 2.45) is 5.92 Å². The van der Waals surface area contributed by atoms with Gasteiger partial charge in [-0.05, 0) is 48.2 Å². The van der Waals surface area contributed by atoms with Crippen LogP contribution in [-0.2, 0) is 20.7 Å². The minimum Gasteiger partial charge on any atom is -0.497 e. The number of amides is 1. The molecule has 2 aromatic carbocycles. The maximum atomic E-state index is 13.5. The van der Waals surface area contributed by atoms with Gasteiger partial charge in [-0.1, -0.05) is 29.8 Å². The van der Waals surface area contributed by atoms with Crippen molar-refractivity contribution in [1.82, 2.24) is 5.32 Å². The van der Waals surface area contributed by atoms with Crippen molar-refractivity contribution in [3.63, 3.8) is 0 Å². The maximum absolute atomic E-state index is 13.5. The summed E-state index contributed by atoms with van der Waals surface area (Å²) in [4.78, 5) is 25.2. The van der Waals surface area contributed by atoms with Gasteiger partial charge in [-0.15, -0.1) is 0 Å². The van der Waals surface area contributed by atoms with Gasteiger partial charge in [-0.25, -0.2) is 4.39 Å². The Morgan fingerprint density at radius 2 is 1.91 bits per heavy atom. The Hall–Kier alpha value is -3.06. The van der Waals surface area contributed by atoms with E-state index >= 15 is 0 Å². The molecule has 0 saturated carbocycles. The molecule has 6 nitrogen and oxygen atoms in total. The molecule has 0 heterocycles. The van der Waals surface area contributed by atoms with Crippen LogP contribution >= 0.6 is 11.6 Å². The molecule has 3 rings (SSSR count). The molecule has 8 heteroatoms. The molecule has 0 radical (unpaired) electrons. The van der Waals surface area contributed by atoms with Gasteiger partial charge < -0.3 is 19.5 Å². The lowest BCUT2D eigenvalue weighted by atomic mass is 9.85. The number of halogens is 2. The summed E-state index contributed by atoms with van der Waals surface area (Å²) in [6.07, 6.45) is 4.30. The summed E-state index contributed by atoms with van der Waals surface area (Å²) in [5.74, 6) is -0.888. The quantitative estimate of drug-likeness (QED) is 0.474. The first kappa shape index (κ1) is 23.6. The molecule has 0 fully saturated rings. The Morgan fingerprint density at radius 3 is 2.56 bits per heavy atom. The minimum atomic E-state index is -0.704. The maximum Gasteiger partial charge on any atom is 0.313 e. The lowest BCUT2D eigenvalue weighted by Gasteiger charge is -2.23. The molecule has 1 aliphatic rings. The van der Waals surface area contributed by atoms with Crippen molar-refractivity contribution in [3.8, 4) is 11.5 Å². The molecular weight excluding hydrogens is 437 g/mol. The zero-order valence-corrected chi connectivity index (χ0v) is 18.8. The highest BCUT2D eigenvalue weighted by Crippen LogP contribution is 2.37. The molecule has 0 aliphatic heterocycles. The second kappa shape index (κ2) is 10.5. The van der Waals surface area contributed by atoms with Gasteiger partial charge in [-0.2, -0.15) is 0 Å². The van der Waals surface area contributed by atoms with E-state index in [-0.39, 0.29) is 29.3 Å². The molecule has 1 amide bonds. The molecule has 2 aromatic rings. The summed E-state index contributed by atoms with van der Waals surface area (Å²) in [5, 5.41) is 3.12. The van der Waals surface area contributed by atoms with E-state index in [0.717, 1.165) is 0 Å². The first-order chi connectivity index (χ1) is 15.4. The number of methoxy groups -OCH3 is 3. The van der Waals surface area contributed by atoms with Crippen LogP contribution in [0.4, 0.5) is 4.39 Å². The van der Waals surface area contributed by atoms with Crippen LogP contribution < -0.4 is 14.8 Å². The molecule has 170 valence electrons. The van der Waals surface area contributed by atoms with Crippen LogP contribution in [0.2, 0.25) is 5.02 Å². The van der Waals surface area contributed by atoms with Crippen molar-refractivity contribution >= 4 is 23.5 Å². The zero-order valence-electron chi connectivity index (χ0n) is 18.1. The lowest BCUT2D eigenvalue weighted by molar-refractivity contribution is -0.143. The van der Waals surface area contributed by atoms with Crippen LogP contribution in [0.15, 0.2) is 48.6 Å². The SMILES string of the molecule is COC(=O)C(c1ccc(F)cc1Cl)C1C=CC(NC(=O)Cc2cc(OC)ccc2OC)C1. The highest BCUT2D eigenvalue weighted by molar-refractivity contribution is 6.31. The zero-order chi connectivity index (χ0) is 23.3. The molecule has 0 aromatic heterocycles. The second-order valence-electron chi connectivity index (χ2n) is 7.48. The van der Waals surface area contributed by atoms with E-state index in [2.05, 4.69) is 5.32 Å². The molecule has 32 heavy (non-hydrogen) atoms.